The SMILES string of the molecule is CC(O)C(N=Nc1ccccc1[N+](=O)[O-])Nc1ccccc1. The number of aliphatic hydroxyl groups is 1. The van der Waals surface area contributed by atoms with E-state index in [1.807, 2.05) is 30.3 Å². The molecule has 2 N–H and O–H groups in total. The maximum Gasteiger partial charge on any atom is 0.296 e. The quantitative estimate of drug-likeness (QED) is 0.484. The van der Waals surface area contributed by atoms with Gasteiger partial charge in [-0.25, -0.2) is 0 Å². The third kappa shape index (κ3) is 4.10. The van der Waals surface area contributed by atoms with Gasteiger partial charge >= 0.3 is 0 Å². The Morgan fingerprint density at radius 1 is 1.14 bits per heavy atom. The van der Waals surface area contributed by atoms with E-state index < -0.39 is 17.2 Å². The summed E-state index contributed by atoms with van der Waals surface area (Å²) in [5, 5.41) is 31.6. The molecule has 22 heavy (non-hydrogen) atoms. The normalized spacial score (nSPS) is 13.7. The number of rotatable bonds is 6. The molecule has 2 aromatic carbocycles. The Kier molecular flexibility index (Phi) is 5.16. The molecule has 114 valence electrons. The van der Waals surface area contributed by atoms with Crippen LogP contribution in [0.2, 0.25) is 0 Å². The Morgan fingerprint density at radius 3 is 2.41 bits per heavy atom. The molecular weight excluding hydrogens is 284 g/mol. The van der Waals surface area contributed by atoms with Crippen LogP contribution in [0.1, 0.15) is 6.92 Å². The van der Waals surface area contributed by atoms with Crippen LogP contribution in [0, 0.1) is 10.1 Å². The molecule has 0 bridgehead atoms. The molecule has 2 unspecified atom stereocenters. The molecule has 0 aliphatic carbocycles. The molecule has 0 radical (unpaired) electrons. The third-order valence-corrected chi connectivity index (χ3v) is 2.91. The molecule has 2 rings (SSSR count). The predicted molar refractivity (Wildman–Crippen MR) is 83.1 cm³/mol. The summed E-state index contributed by atoms with van der Waals surface area (Å²) in [6, 6.07) is 15.3. The number of aliphatic hydroxyl groups excluding tert-OH is 1. The van der Waals surface area contributed by atoms with Crippen LogP contribution in [0.15, 0.2) is 64.8 Å². The largest absolute Gasteiger partial charge is 0.389 e. The van der Waals surface area contributed by atoms with Crippen molar-refractivity contribution >= 4 is 17.1 Å². The summed E-state index contributed by atoms with van der Waals surface area (Å²) in [5.41, 5.74) is 0.790. The Balaban J connectivity index is 2.19. The van der Waals surface area contributed by atoms with Gasteiger partial charge in [-0.2, -0.15) is 5.11 Å². The zero-order valence-electron chi connectivity index (χ0n) is 12.0. The van der Waals surface area contributed by atoms with Gasteiger partial charge in [0, 0.05) is 11.8 Å². The summed E-state index contributed by atoms with van der Waals surface area (Å²) in [6.45, 7) is 1.57. The standard InChI is InChI=1S/C15H16N4O3/c1-11(20)15(16-12-7-3-2-4-8-12)18-17-13-9-5-6-10-14(13)19(21)22/h2-11,15-16,20H,1H3. The van der Waals surface area contributed by atoms with Crippen LogP contribution >= 0.6 is 0 Å². The Labute approximate surface area is 127 Å². The molecule has 0 aromatic heterocycles. The summed E-state index contributed by atoms with van der Waals surface area (Å²) in [4.78, 5) is 10.4. The highest BCUT2D eigenvalue weighted by atomic mass is 16.6. The molecule has 0 saturated carbocycles. The van der Waals surface area contributed by atoms with Gasteiger partial charge in [-0.05, 0) is 25.1 Å². The summed E-state index contributed by atoms with van der Waals surface area (Å²) >= 11 is 0. The van der Waals surface area contributed by atoms with Gasteiger partial charge < -0.3 is 10.4 Å². The van der Waals surface area contributed by atoms with E-state index in [2.05, 4.69) is 15.5 Å². The van der Waals surface area contributed by atoms with Gasteiger partial charge in [0.25, 0.3) is 5.69 Å². The van der Waals surface area contributed by atoms with Gasteiger partial charge in [-0.3, -0.25) is 10.1 Å². The number of nitrogens with one attached hydrogen (secondary N) is 1. The van der Waals surface area contributed by atoms with Crippen LogP contribution in [0.3, 0.4) is 0 Å². The van der Waals surface area contributed by atoms with Gasteiger partial charge in [0.1, 0.15) is 0 Å². The monoisotopic (exact) mass is 300 g/mol. The van der Waals surface area contributed by atoms with Crippen molar-refractivity contribution in [3.8, 4) is 0 Å². The van der Waals surface area contributed by atoms with Crippen molar-refractivity contribution in [3.63, 3.8) is 0 Å². The number of hydrogen-bond donors (Lipinski definition) is 2. The summed E-state index contributed by atoms with van der Waals surface area (Å²) in [6.07, 6.45) is -1.52. The fourth-order valence-corrected chi connectivity index (χ4v) is 1.78. The number of anilines is 1. The molecule has 7 heteroatoms. The number of nitro benzene ring substituents is 1. The maximum absolute atomic E-state index is 10.9. The van der Waals surface area contributed by atoms with E-state index in [4.69, 9.17) is 0 Å². The second kappa shape index (κ2) is 7.28. The summed E-state index contributed by atoms with van der Waals surface area (Å²) in [7, 11) is 0. The molecular formula is C15H16N4O3. The van der Waals surface area contributed by atoms with Crippen molar-refractivity contribution in [1.29, 1.82) is 0 Å². The van der Waals surface area contributed by atoms with Crippen molar-refractivity contribution in [2.75, 3.05) is 5.32 Å². The van der Waals surface area contributed by atoms with Gasteiger partial charge in [-0.1, -0.05) is 30.3 Å². The minimum atomic E-state index is -0.813. The lowest BCUT2D eigenvalue weighted by atomic mass is 10.2. The molecule has 0 amide bonds. The van der Waals surface area contributed by atoms with E-state index >= 15 is 0 Å². The lowest BCUT2D eigenvalue weighted by Crippen LogP contribution is -2.28. The van der Waals surface area contributed by atoms with Crippen LogP contribution in [-0.2, 0) is 0 Å². The molecule has 0 aliphatic heterocycles. The van der Waals surface area contributed by atoms with Crippen LogP contribution in [-0.4, -0.2) is 22.3 Å². The average Bonchev–Trinajstić information content (AvgIpc) is 2.52. The highest BCUT2D eigenvalue weighted by molar-refractivity contribution is 5.56. The second-order valence-corrected chi connectivity index (χ2v) is 4.66. The smallest absolute Gasteiger partial charge is 0.296 e. The Bertz CT molecular complexity index is 659. The first-order valence-electron chi connectivity index (χ1n) is 6.72. The van der Waals surface area contributed by atoms with E-state index in [1.165, 1.54) is 12.1 Å². The fourth-order valence-electron chi connectivity index (χ4n) is 1.78. The zero-order valence-corrected chi connectivity index (χ0v) is 12.0. The zero-order chi connectivity index (χ0) is 15.9. The van der Waals surface area contributed by atoms with E-state index in [1.54, 1.807) is 19.1 Å². The van der Waals surface area contributed by atoms with Crippen molar-refractivity contribution in [2.24, 2.45) is 10.2 Å². The van der Waals surface area contributed by atoms with E-state index in [0.717, 1.165) is 5.69 Å². The minimum absolute atomic E-state index is 0.129. The number of azo groups is 1. The fraction of sp³-hybridized carbons (Fsp3) is 0.200. The van der Waals surface area contributed by atoms with Crippen LogP contribution < -0.4 is 5.32 Å². The Morgan fingerprint density at radius 2 is 1.77 bits per heavy atom. The molecule has 0 heterocycles. The average molecular weight is 300 g/mol. The second-order valence-electron chi connectivity index (χ2n) is 4.66. The first-order chi connectivity index (χ1) is 10.6. The molecule has 0 spiro atoms. The molecule has 7 nitrogen and oxygen atoms in total. The van der Waals surface area contributed by atoms with Crippen molar-refractivity contribution < 1.29 is 10.0 Å². The molecule has 2 atom stereocenters. The van der Waals surface area contributed by atoms with Crippen molar-refractivity contribution in [2.45, 2.75) is 19.2 Å². The molecule has 0 saturated heterocycles. The van der Waals surface area contributed by atoms with E-state index in [0.29, 0.717) is 0 Å². The first kappa shape index (κ1) is 15.6. The van der Waals surface area contributed by atoms with Crippen LogP contribution in [0.25, 0.3) is 0 Å². The lowest BCUT2D eigenvalue weighted by molar-refractivity contribution is -0.384. The maximum atomic E-state index is 10.9. The molecule has 2 aromatic rings. The number of benzene rings is 2. The number of hydrogen-bond acceptors (Lipinski definition) is 6. The minimum Gasteiger partial charge on any atom is -0.389 e. The van der Waals surface area contributed by atoms with Crippen molar-refractivity contribution in [3.05, 3.63) is 64.7 Å². The highest BCUT2D eigenvalue weighted by Gasteiger charge is 2.16. The summed E-state index contributed by atoms with van der Waals surface area (Å²) in [5.74, 6) is 0. The topological polar surface area (TPSA) is 100 Å². The number of nitrogens with zero attached hydrogens (tertiary/aromatic N) is 3. The molecule has 0 aliphatic rings. The van der Waals surface area contributed by atoms with Crippen molar-refractivity contribution in [1.82, 2.24) is 0 Å². The van der Waals surface area contributed by atoms with Gasteiger partial charge in [0.05, 0.1) is 11.0 Å². The van der Waals surface area contributed by atoms with Gasteiger partial charge in [-0.15, -0.1) is 5.11 Å². The molecule has 0 fully saturated rings. The third-order valence-electron chi connectivity index (χ3n) is 2.91. The first-order valence-corrected chi connectivity index (χ1v) is 6.72. The van der Waals surface area contributed by atoms with Crippen LogP contribution in [0.4, 0.5) is 17.1 Å². The van der Waals surface area contributed by atoms with E-state index in [9.17, 15) is 15.2 Å². The predicted octanol–water partition coefficient (Wildman–Crippen LogP) is 3.50. The van der Waals surface area contributed by atoms with E-state index in [-0.39, 0.29) is 11.4 Å². The van der Waals surface area contributed by atoms with Crippen LogP contribution in [0.5, 0.6) is 0 Å². The number of para-hydroxylation sites is 2. The van der Waals surface area contributed by atoms with Gasteiger partial charge in [0.2, 0.25) is 0 Å². The lowest BCUT2D eigenvalue weighted by Gasteiger charge is -2.17. The summed E-state index contributed by atoms with van der Waals surface area (Å²) < 4.78 is 0. The Hall–Kier alpha value is -2.80. The number of nitro groups is 1. The van der Waals surface area contributed by atoms with Gasteiger partial charge in [0.15, 0.2) is 11.9 Å². The highest BCUT2D eigenvalue weighted by Crippen LogP contribution is 2.27.